The molecule has 1 N–H and O–H groups in total. The van der Waals surface area contributed by atoms with Crippen LogP contribution in [0.25, 0.3) is 0 Å². The maximum Gasteiger partial charge on any atom is 0.573 e. The first kappa shape index (κ1) is 13.8. The molecule has 0 radical (unpaired) electrons. The number of carbonyl (C=O) groups excluding carboxylic acids is 1. The maximum atomic E-state index is 11.9. The van der Waals surface area contributed by atoms with E-state index in [1.807, 2.05) is 0 Å². The second-order valence-electron chi connectivity index (χ2n) is 3.17. The predicted molar refractivity (Wildman–Crippen MR) is 54.2 cm³/mol. The lowest BCUT2D eigenvalue weighted by Gasteiger charge is -2.15. The molecule has 8 heteroatoms. The van der Waals surface area contributed by atoms with Crippen LogP contribution < -0.4 is 9.64 Å². The topological polar surface area (TPSA) is 66.8 Å². The highest BCUT2D eigenvalue weighted by Gasteiger charge is 2.31. The molecule has 18 heavy (non-hydrogen) atoms. The Morgan fingerprint density at radius 2 is 1.89 bits per heavy atom. The van der Waals surface area contributed by atoms with Crippen LogP contribution >= 0.6 is 0 Å². The van der Waals surface area contributed by atoms with Crippen LogP contribution in [0.2, 0.25) is 0 Å². The van der Waals surface area contributed by atoms with Gasteiger partial charge in [0.1, 0.15) is 12.3 Å². The van der Waals surface area contributed by atoms with E-state index in [1.165, 1.54) is 0 Å². The second kappa shape index (κ2) is 5.39. The standard InChI is InChI=1S/C10H8F3NO4/c11-10(12,13)18-8-3-1-7(2-4-8)14(6-15)5-9(16)17/h1-4,6H,5H2,(H,16,17). The Hall–Kier alpha value is -2.25. The van der Waals surface area contributed by atoms with Crippen LogP contribution in [0.5, 0.6) is 5.75 Å². The molecule has 98 valence electrons. The molecular formula is C10H8F3NO4. The summed E-state index contributed by atoms with van der Waals surface area (Å²) in [6, 6.07) is 4.28. The fourth-order valence-corrected chi connectivity index (χ4v) is 1.17. The van der Waals surface area contributed by atoms with Crippen molar-refractivity contribution in [3.8, 4) is 5.75 Å². The van der Waals surface area contributed by atoms with Crippen LogP contribution in [0.4, 0.5) is 18.9 Å². The van der Waals surface area contributed by atoms with E-state index in [4.69, 9.17) is 5.11 Å². The summed E-state index contributed by atoms with van der Waals surface area (Å²) in [7, 11) is 0. The molecule has 0 atom stereocenters. The average molecular weight is 263 g/mol. The summed E-state index contributed by atoms with van der Waals surface area (Å²) >= 11 is 0. The molecule has 0 fully saturated rings. The van der Waals surface area contributed by atoms with Gasteiger partial charge < -0.3 is 14.7 Å². The minimum absolute atomic E-state index is 0.155. The summed E-state index contributed by atoms with van der Waals surface area (Å²) in [5, 5.41) is 8.51. The zero-order chi connectivity index (χ0) is 13.8. The molecule has 5 nitrogen and oxygen atoms in total. The van der Waals surface area contributed by atoms with E-state index in [1.54, 1.807) is 0 Å². The lowest BCUT2D eigenvalue weighted by atomic mass is 10.3. The zero-order valence-electron chi connectivity index (χ0n) is 8.85. The van der Waals surface area contributed by atoms with E-state index in [0.717, 1.165) is 29.2 Å². The normalized spacial score (nSPS) is 10.8. The highest BCUT2D eigenvalue weighted by Crippen LogP contribution is 2.24. The Bertz CT molecular complexity index is 430. The number of benzene rings is 1. The van der Waals surface area contributed by atoms with Crippen LogP contribution in [-0.2, 0) is 9.59 Å². The number of hydrogen-bond donors (Lipinski definition) is 1. The van der Waals surface area contributed by atoms with Gasteiger partial charge in [-0.05, 0) is 24.3 Å². The maximum absolute atomic E-state index is 11.9. The number of rotatable bonds is 5. The molecule has 0 aromatic heterocycles. The number of carbonyl (C=O) groups is 2. The van der Waals surface area contributed by atoms with Gasteiger partial charge in [-0.15, -0.1) is 13.2 Å². The summed E-state index contributed by atoms with van der Waals surface area (Å²) in [5.74, 6) is -1.69. The summed E-state index contributed by atoms with van der Waals surface area (Å²) in [6.45, 7) is -0.580. The van der Waals surface area contributed by atoms with Crippen molar-refractivity contribution in [1.82, 2.24) is 0 Å². The van der Waals surface area contributed by atoms with Crippen molar-refractivity contribution in [2.75, 3.05) is 11.4 Å². The zero-order valence-corrected chi connectivity index (χ0v) is 8.85. The molecular weight excluding hydrogens is 255 g/mol. The van der Waals surface area contributed by atoms with Gasteiger partial charge in [0.05, 0.1) is 0 Å². The van der Waals surface area contributed by atoms with Gasteiger partial charge >= 0.3 is 12.3 Å². The number of halogens is 3. The largest absolute Gasteiger partial charge is 0.573 e. The molecule has 0 saturated heterocycles. The molecule has 1 aromatic rings. The molecule has 0 unspecified atom stereocenters. The molecule has 0 aliphatic carbocycles. The number of amides is 1. The van der Waals surface area contributed by atoms with Gasteiger partial charge in [0.25, 0.3) is 0 Å². The number of hydrogen-bond acceptors (Lipinski definition) is 3. The Kier molecular flexibility index (Phi) is 4.13. The van der Waals surface area contributed by atoms with E-state index < -0.39 is 24.6 Å². The molecule has 1 rings (SSSR count). The third-order valence-electron chi connectivity index (χ3n) is 1.83. The first-order valence-corrected chi connectivity index (χ1v) is 4.61. The molecule has 1 aromatic carbocycles. The quantitative estimate of drug-likeness (QED) is 0.820. The molecule has 0 aliphatic rings. The number of alkyl halides is 3. The lowest BCUT2D eigenvalue weighted by Crippen LogP contribution is -2.28. The lowest BCUT2D eigenvalue weighted by molar-refractivity contribution is -0.274. The van der Waals surface area contributed by atoms with Gasteiger partial charge in [0.15, 0.2) is 0 Å². The summed E-state index contributed by atoms with van der Waals surface area (Å²) < 4.78 is 39.2. The predicted octanol–water partition coefficient (Wildman–Crippen LogP) is 1.63. The molecule has 1 amide bonds. The summed E-state index contributed by atoms with van der Waals surface area (Å²) in [6.07, 6.45) is -4.53. The molecule has 0 saturated carbocycles. The molecule has 0 bridgehead atoms. The smallest absolute Gasteiger partial charge is 0.480 e. The van der Waals surface area contributed by atoms with Crippen LogP contribution in [0.3, 0.4) is 0 Å². The minimum Gasteiger partial charge on any atom is -0.480 e. The molecule has 0 heterocycles. The Labute approximate surface area is 99.4 Å². The van der Waals surface area contributed by atoms with Crippen molar-refractivity contribution >= 4 is 18.1 Å². The third kappa shape index (κ3) is 4.32. The van der Waals surface area contributed by atoms with E-state index in [-0.39, 0.29) is 12.1 Å². The van der Waals surface area contributed by atoms with Crippen molar-refractivity contribution in [3.63, 3.8) is 0 Å². The van der Waals surface area contributed by atoms with Crippen LogP contribution in [0.15, 0.2) is 24.3 Å². The van der Waals surface area contributed by atoms with Gasteiger partial charge in [-0.3, -0.25) is 9.59 Å². The van der Waals surface area contributed by atoms with E-state index >= 15 is 0 Å². The first-order valence-electron chi connectivity index (χ1n) is 4.61. The molecule has 0 spiro atoms. The highest BCUT2D eigenvalue weighted by molar-refractivity contribution is 5.84. The summed E-state index contributed by atoms with van der Waals surface area (Å²) in [4.78, 5) is 21.9. The number of carboxylic acids is 1. The monoisotopic (exact) mass is 263 g/mol. The Morgan fingerprint density at radius 1 is 1.33 bits per heavy atom. The van der Waals surface area contributed by atoms with Gasteiger partial charge in [-0.25, -0.2) is 0 Å². The van der Waals surface area contributed by atoms with Crippen molar-refractivity contribution in [2.45, 2.75) is 6.36 Å². The number of anilines is 1. The first-order chi connectivity index (χ1) is 8.31. The van der Waals surface area contributed by atoms with E-state index in [0.29, 0.717) is 0 Å². The average Bonchev–Trinajstić information content (AvgIpc) is 2.24. The number of aliphatic carboxylic acids is 1. The second-order valence-corrected chi connectivity index (χ2v) is 3.17. The van der Waals surface area contributed by atoms with Gasteiger partial charge in [0.2, 0.25) is 6.41 Å². The number of nitrogens with zero attached hydrogens (tertiary/aromatic N) is 1. The van der Waals surface area contributed by atoms with Crippen molar-refractivity contribution in [3.05, 3.63) is 24.3 Å². The SMILES string of the molecule is O=CN(CC(=O)O)c1ccc(OC(F)(F)F)cc1. The Morgan fingerprint density at radius 3 is 2.28 bits per heavy atom. The minimum atomic E-state index is -4.80. The molecule has 0 aliphatic heterocycles. The van der Waals surface area contributed by atoms with Crippen LogP contribution in [-0.4, -0.2) is 30.4 Å². The number of carboxylic acid groups (broad SMARTS) is 1. The third-order valence-corrected chi connectivity index (χ3v) is 1.83. The van der Waals surface area contributed by atoms with Gasteiger partial charge in [-0.2, -0.15) is 0 Å². The van der Waals surface area contributed by atoms with Crippen LogP contribution in [0.1, 0.15) is 0 Å². The Balaban J connectivity index is 2.81. The van der Waals surface area contributed by atoms with Crippen LogP contribution in [0, 0.1) is 0 Å². The highest BCUT2D eigenvalue weighted by atomic mass is 19.4. The fourth-order valence-electron chi connectivity index (χ4n) is 1.17. The van der Waals surface area contributed by atoms with Gasteiger partial charge in [0, 0.05) is 5.69 Å². The number of ether oxygens (including phenoxy) is 1. The van der Waals surface area contributed by atoms with Crippen molar-refractivity contribution < 1.29 is 32.6 Å². The van der Waals surface area contributed by atoms with E-state index in [9.17, 15) is 22.8 Å². The fraction of sp³-hybridized carbons (Fsp3) is 0.200. The van der Waals surface area contributed by atoms with E-state index in [2.05, 4.69) is 4.74 Å². The van der Waals surface area contributed by atoms with Gasteiger partial charge in [-0.1, -0.05) is 0 Å². The van der Waals surface area contributed by atoms with Crippen molar-refractivity contribution in [1.29, 1.82) is 0 Å². The van der Waals surface area contributed by atoms with Crippen molar-refractivity contribution in [2.24, 2.45) is 0 Å². The summed E-state index contributed by atoms with van der Waals surface area (Å²) in [5.41, 5.74) is 0.155.